The van der Waals surface area contributed by atoms with Crippen LogP contribution in [-0.2, 0) is 0 Å². The molecule has 2 heterocycles. The first-order valence-electron chi connectivity index (χ1n) is 11.5. The molecule has 5 rings (SSSR count). The number of hydrogen-bond donors (Lipinski definition) is 1. The number of anilines is 1. The Morgan fingerprint density at radius 3 is 2.63 bits per heavy atom. The molecule has 0 fully saturated rings. The summed E-state index contributed by atoms with van der Waals surface area (Å²) in [6, 6.07) is 22.0. The third-order valence-electron chi connectivity index (χ3n) is 5.73. The zero-order valence-corrected chi connectivity index (χ0v) is 20.2. The van der Waals surface area contributed by atoms with Crippen LogP contribution in [0.1, 0.15) is 52.9 Å². The Labute approximate surface area is 207 Å². The van der Waals surface area contributed by atoms with Gasteiger partial charge < -0.3 is 14.7 Å². The number of aromatic nitrogens is 2. The van der Waals surface area contributed by atoms with Crippen molar-refractivity contribution in [3.8, 4) is 11.4 Å². The van der Waals surface area contributed by atoms with Crippen LogP contribution in [0.15, 0.2) is 87.1 Å². The maximum atomic E-state index is 13.3. The number of carbonyl (C=O) groups excluding carboxylic acids is 2. The maximum absolute atomic E-state index is 13.3. The van der Waals surface area contributed by atoms with Crippen LogP contribution >= 0.6 is 11.8 Å². The lowest BCUT2D eigenvalue weighted by atomic mass is 10.1. The smallest absolute Gasteiger partial charge is 0.259 e. The summed E-state index contributed by atoms with van der Waals surface area (Å²) < 4.78 is 5.47. The van der Waals surface area contributed by atoms with Gasteiger partial charge in [-0.15, -0.1) is 0 Å². The van der Waals surface area contributed by atoms with Gasteiger partial charge in [-0.1, -0.05) is 54.2 Å². The predicted molar refractivity (Wildman–Crippen MR) is 135 cm³/mol. The van der Waals surface area contributed by atoms with E-state index in [-0.39, 0.29) is 11.8 Å². The lowest BCUT2D eigenvalue weighted by Crippen LogP contribution is -2.31. The minimum absolute atomic E-state index is 0.00581. The van der Waals surface area contributed by atoms with Crippen molar-refractivity contribution in [3.63, 3.8) is 0 Å². The summed E-state index contributed by atoms with van der Waals surface area (Å²) in [6.45, 7) is 4.49. The van der Waals surface area contributed by atoms with E-state index in [1.165, 1.54) is 0 Å². The van der Waals surface area contributed by atoms with Crippen LogP contribution in [0.2, 0.25) is 0 Å². The average molecular weight is 485 g/mol. The van der Waals surface area contributed by atoms with Gasteiger partial charge in [-0.05, 0) is 55.8 Å². The van der Waals surface area contributed by atoms with Crippen LogP contribution in [-0.4, -0.2) is 28.5 Å². The summed E-state index contributed by atoms with van der Waals surface area (Å²) in [5.74, 6) is 0.542. The summed E-state index contributed by atoms with van der Waals surface area (Å²) in [5, 5.41) is 7.03. The first-order valence-corrected chi connectivity index (χ1v) is 12.3. The molecule has 1 aliphatic heterocycles. The van der Waals surface area contributed by atoms with E-state index < -0.39 is 6.04 Å². The van der Waals surface area contributed by atoms with E-state index in [1.807, 2.05) is 65.6 Å². The van der Waals surface area contributed by atoms with E-state index in [4.69, 9.17) is 4.52 Å². The minimum atomic E-state index is -0.455. The Kier molecular flexibility index (Phi) is 6.37. The zero-order chi connectivity index (χ0) is 24.4. The number of nitrogens with one attached hydrogen (secondary N) is 1. The molecule has 0 aliphatic carbocycles. The van der Waals surface area contributed by atoms with Gasteiger partial charge in [-0.25, -0.2) is 0 Å². The number of rotatable bonds is 6. The van der Waals surface area contributed by atoms with Crippen molar-refractivity contribution in [2.75, 3.05) is 11.4 Å². The highest BCUT2D eigenvalue weighted by Crippen LogP contribution is 2.42. The fourth-order valence-electron chi connectivity index (χ4n) is 3.97. The Balaban J connectivity index is 1.42. The number of hydrogen-bond acceptors (Lipinski definition) is 6. The van der Waals surface area contributed by atoms with Crippen molar-refractivity contribution in [1.82, 2.24) is 15.5 Å². The summed E-state index contributed by atoms with van der Waals surface area (Å²) in [7, 11) is 0. The van der Waals surface area contributed by atoms with E-state index in [9.17, 15) is 9.59 Å². The first kappa shape index (κ1) is 22.9. The van der Waals surface area contributed by atoms with Crippen LogP contribution < -0.4 is 10.2 Å². The molecule has 1 atom stereocenters. The van der Waals surface area contributed by atoms with Crippen LogP contribution in [0.25, 0.3) is 11.4 Å². The SMILES string of the molecule is CCCN1C(=O)c2ccccc2Sc2cc(-c3noc([C@H](C)NC(=O)c4ccccc4)n3)ccc21. The Bertz CT molecular complexity index is 1390. The Hall–Kier alpha value is -3.91. The van der Waals surface area contributed by atoms with Crippen LogP contribution in [0.5, 0.6) is 0 Å². The minimum Gasteiger partial charge on any atom is -0.341 e. The first-order chi connectivity index (χ1) is 17.0. The number of nitrogens with zero attached hydrogens (tertiary/aromatic N) is 3. The van der Waals surface area contributed by atoms with E-state index >= 15 is 0 Å². The molecule has 0 saturated carbocycles. The molecule has 0 saturated heterocycles. The van der Waals surface area contributed by atoms with E-state index in [1.54, 1.807) is 30.8 Å². The predicted octanol–water partition coefficient (Wildman–Crippen LogP) is 5.75. The molecule has 176 valence electrons. The summed E-state index contributed by atoms with van der Waals surface area (Å²) in [5.41, 5.74) is 2.91. The fourth-order valence-corrected chi connectivity index (χ4v) is 5.09. The molecule has 1 aliphatic rings. The second kappa shape index (κ2) is 9.76. The third kappa shape index (κ3) is 4.57. The van der Waals surface area contributed by atoms with Gasteiger partial charge in [0.1, 0.15) is 6.04 Å². The molecule has 0 bridgehead atoms. The van der Waals surface area contributed by atoms with Gasteiger partial charge in [0.25, 0.3) is 11.8 Å². The van der Waals surface area contributed by atoms with E-state index in [2.05, 4.69) is 22.4 Å². The normalized spacial score (nSPS) is 13.5. The molecule has 0 spiro atoms. The summed E-state index contributed by atoms with van der Waals surface area (Å²) in [6.07, 6.45) is 0.848. The molecule has 2 amide bonds. The Morgan fingerprint density at radius 2 is 1.83 bits per heavy atom. The summed E-state index contributed by atoms with van der Waals surface area (Å²) in [4.78, 5) is 34.0. The standard InChI is InChI=1S/C27H24N4O3S/c1-3-15-31-21-14-13-19(16-23(21)35-22-12-8-7-11-20(22)27(31)33)24-29-26(34-30-24)17(2)28-25(32)18-9-5-4-6-10-18/h4-14,16-17H,3,15H2,1-2H3,(H,28,32)/t17-/m0/s1. The lowest BCUT2D eigenvalue weighted by Gasteiger charge is -2.22. The quantitative estimate of drug-likeness (QED) is 0.375. The highest BCUT2D eigenvalue weighted by atomic mass is 32.2. The van der Waals surface area contributed by atoms with Gasteiger partial charge in [0.05, 0.1) is 11.3 Å². The molecular weight excluding hydrogens is 460 g/mol. The van der Waals surface area contributed by atoms with Crippen molar-refractivity contribution in [3.05, 3.63) is 89.8 Å². The van der Waals surface area contributed by atoms with Crippen LogP contribution in [0.4, 0.5) is 5.69 Å². The van der Waals surface area contributed by atoms with E-state index in [0.29, 0.717) is 29.4 Å². The van der Waals surface area contributed by atoms with Gasteiger partial charge in [0, 0.05) is 27.5 Å². The monoisotopic (exact) mass is 484 g/mol. The van der Waals surface area contributed by atoms with Crippen molar-refractivity contribution in [2.45, 2.75) is 36.1 Å². The highest BCUT2D eigenvalue weighted by molar-refractivity contribution is 7.99. The molecule has 0 unspecified atom stereocenters. The second-order valence-corrected chi connectivity index (χ2v) is 9.34. The zero-order valence-electron chi connectivity index (χ0n) is 19.4. The van der Waals surface area contributed by atoms with Crippen molar-refractivity contribution < 1.29 is 14.1 Å². The molecule has 3 aromatic carbocycles. The number of carbonyl (C=O) groups is 2. The number of amides is 2. The molecule has 35 heavy (non-hydrogen) atoms. The van der Waals surface area contributed by atoms with Crippen molar-refractivity contribution >= 4 is 29.3 Å². The molecule has 0 radical (unpaired) electrons. The van der Waals surface area contributed by atoms with Crippen molar-refractivity contribution in [2.24, 2.45) is 0 Å². The van der Waals surface area contributed by atoms with Gasteiger partial charge in [0.15, 0.2) is 0 Å². The van der Waals surface area contributed by atoms with E-state index in [0.717, 1.165) is 27.5 Å². The third-order valence-corrected chi connectivity index (χ3v) is 6.86. The molecule has 4 aromatic rings. The van der Waals surface area contributed by atoms with Crippen molar-refractivity contribution in [1.29, 1.82) is 0 Å². The molecule has 8 heteroatoms. The van der Waals surface area contributed by atoms with Gasteiger partial charge >= 0.3 is 0 Å². The summed E-state index contributed by atoms with van der Waals surface area (Å²) >= 11 is 1.56. The largest absolute Gasteiger partial charge is 0.341 e. The maximum Gasteiger partial charge on any atom is 0.259 e. The number of fused-ring (bicyclic) bond motifs is 2. The molecular formula is C27H24N4O3S. The van der Waals surface area contributed by atoms with Gasteiger partial charge in [-0.2, -0.15) is 4.98 Å². The molecule has 1 N–H and O–H groups in total. The van der Waals surface area contributed by atoms with Gasteiger partial charge in [0.2, 0.25) is 11.7 Å². The fraction of sp³-hybridized carbons (Fsp3) is 0.185. The Morgan fingerprint density at radius 1 is 1.06 bits per heavy atom. The second-order valence-electron chi connectivity index (χ2n) is 8.25. The average Bonchev–Trinajstić information content (AvgIpc) is 3.35. The van der Waals surface area contributed by atoms with Crippen LogP contribution in [0.3, 0.4) is 0 Å². The number of benzene rings is 3. The van der Waals surface area contributed by atoms with Crippen LogP contribution in [0, 0.1) is 0 Å². The van der Waals surface area contributed by atoms with Gasteiger partial charge in [-0.3, -0.25) is 9.59 Å². The molecule has 1 aromatic heterocycles. The lowest BCUT2D eigenvalue weighted by molar-refractivity contribution is 0.0931. The highest BCUT2D eigenvalue weighted by Gasteiger charge is 2.27. The topological polar surface area (TPSA) is 88.3 Å². The molecule has 7 nitrogen and oxygen atoms in total.